The lowest BCUT2D eigenvalue weighted by Gasteiger charge is -2.14. The number of allylic oxidation sites excluding steroid dienone is 1. The molecule has 0 aromatic rings. The van der Waals surface area contributed by atoms with E-state index in [1.165, 1.54) is 4.90 Å². The number of nitrogens with zero attached hydrogens (tertiary/aromatic N) is 1. The lowest BCUT2D eigenvalue weighted by atomic mass is 9.86. The SMILES string of the molecule is O=C1C2C=CCCC2C(=O)N1CCCCCCO. The lowest BCUT2D eigenvalue weighted by molar-refractivity contribution is -0.139. The van der Waals surface area contributed by atoms with Crippen molar-refractivity contribution in [1.82, 2.24) is 4.90 Å². The Labute approximate surface area is 108 Å². The Morgan fingerprint density at radius 2 is 1.94 bits per heavy atom. The zero-order chi connectivity index (χ0) is 13.0. The molecule has 1 aliphatic carbocycles. The van der Waals surface area contributed by atoms with Gasteiger partial charge in [0.05, 0.1) is 11.8 Å². The lowest BCUT2D eigenvalue weighted by Crippen LogP contribution is -2.32. The van der Waals surface area contributed by atoms with Crippen LogP contribution in [0.5, 0.6) is 0 Å². The Bertz CT molecular complexity index is 351. The monoisotopic (exact) mass is 251 g/mol. The maximum atomic E-state index is 12.1. The molecule has 18 heavy (non-hydrogen) atoms. The molecule has 4 nitrogen and oxygen atoms in total. The van der Waals surface area contributed by atoms with Gasteiger partial charge in [-0.05, 0) is 25.7 Å². The van der Waals surface area contributed by atoms with Crippen molar-refractivity contribution < 1.29 is 14.7 Å². The van der Waals surface area contributed by atoms with Crippen molar-refractivity contribution in [3.8, 4) is 0 Å². The van der Waals surface area contributed by atoms with E-state index in [0.29, 0.717) is 6.54 Å². The highest BCUT2D eigenvalue weighted by molar-refractivity contribution is 6.06. The molecule has 2 rings (SSSR count). The zero-order valence-electron chi connectivity index (χ0n) is 10.7. The number of fused-ring (bicyclic) bond motifs is 1. The summed E-state index contributed by atoms with van der Waals surface area (Å²) < 4.78 is 0. The molecule has 0 spiro atoms. The van der Waals surface area contributed by atoms with Crippen LogP contribution < -0.4 is 0 Å². The second kappa shape index (κ2) is 6.14. The normalized spacial score (nSPS) is 26.8. The van der Waals surface area contributed by atoms with Crippen LogP contribution in [0.4, 0.5) is 0 Å². The molecule has 4 heteroatoms. The van der Waals surface area contributed by atoms with E-state index in [9.17, 15) is 9.59 Å². The minimum Gasteiger partial charge on any atom is -0.396 e. The van der Waals surface area contributed by atoms with Crippen LogP contribution in [0.15, 0.2) is 12.2 Å². The average molecular weight is 251 g/mol. The molecule has 1 aliphatic heterocycles. The van der Waals surface area contributed by atoms with E-state index in [-0.39, 0.29) is 30.3 Å². The van der Waals surface area contributed by atoms with Gasteiger partial charge in [-0.2, -0.15) is 0 Å². The summed E-state index contributed by atoms with van der Waals surface area (Å²) >= 11 is 0. The van der Waals surface area contributed by atoms with Gasteiger partial charge in [-0.3, -0.25) is 14.5 Å². The van der Waals surface area contributed by atoms with Gasteiger partial charge in [-0.15, -0.1) is 0 Å². The van der Waals surface area contributed by atoms with Gasteiger partial charge in [0, 0.05) is 13.2 Å². The van der Waals surface area contributed by atoms with Crippen molar-refractivity contribution in [2.75, 3.05) is 13.2 Å². The molecule has 2 aliphatic rings. The fourth-order valence-electron chi connectivity index (χ4n) is 2.81. The quantitative estimate of drug-likeness (QED) is 0.442. The Kier molecular flexibility index (Phi) is 4.53. The van der Waals surface area contributed by atoms with Crippen molar-refractivity contribution >= 4 is 11.8 Å². The van der Waals surface area contributed by atoms with E-state index in [0.717, 1.165) is 38.5 Å². The van der Waals surface area contributed by atoms with Gasteiger partial charge >= 0.3 is 0 Å². The molecule has 1 fully saturated rings. The van der Waals surface area contributed by atoms with Crippen molar-refractivity contribution in [2.45, 2.75) is 38.5 Å². The molecule has 2 unspecified atom stereocenters. The molecular weight excluding hydrogens is 230 g/mol. The second-order valence-electron chi connectivity index (χ2n) is 5.10. The highest BCUT2D eigenvalue weighted by atomic mass is 16.3. The summed E-state index contributed by atoms with van der Waals surface area (Å²) in [5, 5.41) is 8.68. The van der Waals surface area contributed by atoms with Crippen LogP contribution in [0.25, 0.3) is 0 Å². The number of carbonyl (C=O) groups is 2. The maximum Gasteiger partial charge on any atom is 0.236 e. The Morgan fingerprint density at radius 1 is 1.17 bits per heavy atom. The number of imide groups is 1. The number of carbonyl (C=O) groups excluding carboxylic acids is 2. The molecule has 0 saturated carbocycles. The van der Waals surface area contributed by atoms with Crippen LogP contribution in [0.1, 0.15) is 38.5 Å². The molecule has 0 bridgehead atoms. The summed E-state index contributed by atoms with van der Waals surface area (Å²) in [6, 6.07) is 0. The number of aliphatic hydroxyl groups is 1. The first kappa shape index (κ1) is 13.3. The van der Waals surface area contributed by atoms with E-state index < -0.39 is 0 Å². The molecular formula is C14H21NO3. The first-order valence-electron chi connectivity index (χ1n) is 6.88. The summed E-state index contributed by atoms with van der Waals surface area (Å²) in [4.78, 5) is 25.6. The van der Waals surface area contributed by atoms with Crippen molar-refractivity contribution in [3.05, 3.63) is 12.2 Å². The number of hydrogen-bond donors (Lipinski definition) is 1. The second-order valence-corrected chi connectivity index (χ2v) is 5.10. The minimum absolute atomic E-state index is 0.0110. The predicted molar refractivity (Wildman–Crippen MR) is 67.6 cm³/mol. The maximum absolute atomic E-state index is 12.1. The average Bonchev–Trinajstić information content (AvgIpc) is 2.64. The van der Waals surface area contributed by atoms with Crippen LogP contribution in [0.2, 0.25) is 0 Å². The Hall–Kier alpha value is -1.16. The first-order chi connectivity index (χ1) is 8.75. The largest absolute Gasteiger partial charge is 0.396 e. The highest BCUT2D eigenvalue weighted by Crippen LogP contribution is 2.34. The highest BCUT2D eigenvalue weighted by Gasteiger charge is 2.46. The molecule has 1 heterocycles. The molecule has 2 amide bonds. The molecule has 0 aromatic carbocycles. The number of amides is 2. The molecule has 100 valence electrons. The fourth-order valence-corrected chi connectivity index (χ4v) is 2.81. The third-order valence-corrected chi connectivity index (χ3v) is 3.85. The number of likely N-dealkylation sites (tertiary alicyclic amines) is 1. The van der Waals surface area contributed by atoms with Gasteiger partial charge in [0.25, 0.3) is 0 Å². The predicted octanol–water partition coefficient (Wildman–Crippen LogP) is 1.49. The summed E-state index contributed by atoms with van der Waals surface area (Å²) in [7, 11) is 0. The molecule has 0 aromatic heterocycles. The fraction of sp³-hybridized carbons (Fsp3) is 0.714. The summed E-state index contributed by atoms with van der Waals surface area (Å²) in [6.45, 7) is 0.764. The van der Waals surface area contributed by atoms with Crippen LogP contribution in [-0.2, 0) is 9.59 Å². The van der Waals surface area contributed by atoms with E-state index in [1.54, 1.807) is 0 Å². The van der Waals surface area contributed by atoms with E-state index in [4.69, 9.17) is 5.11 Å². The van der Waals surface area contributed by atoms with Gasteiger partial charge in [-0.25, -0.2) is 0 Å². The zero-order valence-corrected chi connectivity index (χ0v) is 10.7. The summed E-state index contributed by atoms with van der Waals surface area (Å²) in [5.74, 6) is -0.275. The van der Waals surface area contributed by atoms with Gasteiger partial charge < -0.3 is 5.11 Å². The third kappa shape index (κ3) is 2.64. The molecule has 0 radical (unpaired) electrons. The summed E-state index contributed by atoms with van der Waals surface area (Å²) in [5.41, 5.74) is 0. The number of rotatable bonds is 6. The minimum atomic E-state index is -0.191. The number of aliphatic hydroxyl groups excluding tert-OH is 1. The Morgan fingerprint density at radius 3 is 2.67 bits per heavy atom. The molecule has 1 saturated heterocycles. The van der Waals surface area contributed by atoms with Gasteiger partial charge in [0.2, 0.25) is 11.8 Å². The summed E-state index contributed by atoms with van der Waals surface area (Å²) in [6.07, 6.45) is 9.20. The topological polar surface area (TPSA) is 57.6 Å². The number of hydrogen-bond acceptors (Lipinski definition) is 3. The van der Waals surface area contributed by atoms with Gasteiger partial charge in [0.15, 0.2) is 0 Å². The van der Waals surface area contributed by atoms with Gasteiger partial charge in [-0.1, -0.05) is 25.0 Å². The van der Waals surface area contributed by atoms with E-state index in [2.05, 4.69) is 0 Å². The van der Waals surface area contributed by atoms with E-state index in [1.807, 2.05) is 12.2 Å². The smallest absolute Gasteiger partial charge is 0.236 e. The molecule has 2 atom stereocenters. The van der Waals surface area contributed by atoms with Gasteiger partial charge in [0.1, 0.15) is 0 Å². The molecule has 1 N–H and O–H groups in total. The van der Waals surface area contributed by atoms with Crippen LogP contribution in [0, 0.1) is 11.8 Å². The number of unbranched alkanes of at least 4 members (excludes halogenated alkanes) is 3. The standard InChI is InChI=1S/C14H21NO3/c16-10-6-2-1-5-9-15-13(17)11-7-3-4-8-12(11)14(15)18/h3,7,11-12,16H,1-2,4-6,8-10H2. The van der Waals surface area contributed by atoms with Crippen molar-refractivity contribution in [3.63, 3.8) is 0 Å². The van der Waals surface area contributed by atoms with Crippen LogP contribution in [-0.4, -0.2) is 35.0 Å². The first-order valence-corrected chi connectivity index (χ1v) is 6.88. The van der Waals surface area contributed by atoms with Crippen molar-refractivity contribution in [1.29, 1.82) is 0 Å². The van der Waals surface area contributed by atoms with Crippen LogP contribution in [0.3, 0.4) is 0 Å². The Balaban J connectivity index is 1.84. The van der Waals surface area contributed by atoms with Crippen molar-refractivity contribution in [2.24, 2.45) is 11.8 Å². The van der Waals surface area contributed by atoms with Crippen LogP contribution >= 0.6 is 0 Å². The third-order valence-electron chi connectivity index (χ3n) is 3.85. The van der Waals surface area contributed by atoms with E-state index >= 15 is 0 Å².